The molecule has 1 atom stereocenters. The highest BCUT2D eigenvalue weighted by Crippen LogP contribution is 2.43. The van der Waals surface area contributed by atoms with Crippen molar-refractivity contribution in [1.82, 2.24) is 9.62 Å². The highest BCUT2D eigenvalue weighted by molar-refractivity contribution is 7.89. The van der Waals surface area contributed by atoms with Crippen molar-refractivity contribution in [2.45, 2.75) is 18.9 Å². The molecule has 1 aliphatic carbocycles. The van der Waals surface area contributed by atoms with E-state index in [1.54, 1.807) is 20.2 Å². The third-order valence-electron chi connectivity index (χ3n) is 5.06. The van der Waals surface area contributed by atoms with Crippen LogP contribution in [0.2, 0.25) is 0 Å². The molecule has 0 saturated heterocycles. The van der Waals surface area contributed by atoms with Crippen LogP contribution in [0.5, 0.6) is 5.75 Å². The third kappa shape index (κ3) is 4.53. The van der Waals surface area contributed by atoms with Gasteiger partial charge in [-0.1, -0.05) is 36.4 Å². The number of phenols is 1. The van der Waals surface area contributed by atoms with E-state index in [0.29, 0.717) is 5.92 Å². The van der Waals surface area contributed by atoms with Gasteiger partial charge in [0.25, 0.3) is 5.91 Å². The zero-order chi connectivity index (χ0) is 22.2. The quantitative estimate of drug-likeness (QED) is 0.615. The fraction of sp³-hybridized carbons (Fsp3) is 0.286. The number of para-hydroxylation sites is 1. The molecule has 1 aliphatic heterocycles. The monoisotopic (exact) mass is 441 g/mol. The Kier molecular flexibility index (Phi) is 5.40. The van der Waals surface area contributed by atoms with E-state index in [4.69, 9.17) is 0 Å². The minimum atomic E-state index is -3.96. The third-order valence-corrected chi connectivity index (χ3v) is 5.94. The molecule has 3 N–H and O–H groups in total. The molecule has 0 radical (unpaired) electrons. The van der Waals surface area contributed by atoms with Crippen molar-refractivity contribution >= 4 is 33.5 Å². The number of aromatic hydroxyl groups is 1. The van der Waals surface area contributed by atoms with Gasteiger partial charge >= 0.3 is 10.2 Å². The Bertz CT molecular complexity index is 1170. The Morgan fingerprint density at radius 2 is 1.90 bits per heavy atom. The van der Waals surface area contributed by atoms with Crippen LogP contribution in [0.15, 0.2) is 57.9 Å². The topological polar surface area (TPSA) is 123 Å². The van der Waals surface area contributed by atoms with Gasteiger partial charge in [0.05, 0.1) is 17.3 Å². The number of nitrogens with one attached hydrogen (secondary N) is 2. The van der Waals surface area contributed by atoms with Crippen LogP contribution in [0.25, 0.3) is 0 Å². The number of phenolic OH excluding ortho intramolecular Hbond substituents is 1. The standard InChI is InChI=1S/C21H23N5O4S/c1-26(2)21(28)15-9-6-10-16(18(15)27)22-19-20(25-31(29,30)24-19)23-17(14-11-12-14)13-7-4-3-5-8-13/h3-10,14,17,27H,11-12H2,1-2H3,(H,22,24)(H,23,25)/t17-/m0/s1. The van der Waals surface area contributed by atoms with Crippen molar-refractivity contribution in [2.75, 3.05) is 19.4 Å². The first kappa shape index (κ1) is 20.9. The highest BCUT2D eigenvalue weighted by atomic mass is 32.2. The van der Waals surface area contributed by atoms with E-state index in [9.17, 15) is 18.3 Å². The fourth-order valence-electron chi connectivity index (χ4n) is 3.37. The molecule has 1 fully saturated rings. The summed E-state index contributed by atoms with van der Waals surface area (Å²) in [6, 6.07) is 14.1. The van der Waals surface area contributed by atoms with Crippen molar-refractivity contribution in [3.8, 4) is 5.75 Å². The van der Waals surface area contributed by atoms with E-state index in [-0.39, 0.29) is 40.6 Å². The molecule has 4 rings (SSSR count). The molecule has 10 heteroatoms. The normalized spacial score (nSPS) is 19.4. The lowest BCUT2D eigenvalue weighted by Crippen LogP contribution is -2.31. The second kappa shape index (κ2) is 8.03. The van der Waals surface area contributed by atoms with E-state index in [1.807, 2.05) is 30.3 Å². The van der Waals surface area contributed by atoms with Gasteiger partial charge < -0.3 is 15.3 Å². The van der Waals surface area contributed by atoms with Crippen LogP contribution in [0.3, 0.4) is 0 Å². The zero-order valence-electron chi connectivity index (χ0n) is 17.1. The molecule has 0 spiro atoms. The summed E-state index contributed by atoms with van der Waals surface area (Å²) in [5, 5.41) is 13.4. The molecule has 2 aliphatic rings. The van der Waals surface area contributed by atoms with Crippen molar-refractivity contribution < 1.29 is 18.3 Å². The Morgan fingerprint density at radius 1 is 1.19 bits per heavy atom. The smallest absolute Gasteiger partial charge is 0.345 e. The van der Waals surface area contributed by atoms with Crippen molar-refractivity contribution in [2.24, 2.45) is 15.3 Å². The number of rotatable bonds is 5. The van der Waals surface area contributed by atoms with E-state index in [0.717, 1.165) is 18.4 Å². The molecule has 162 valence electrons. The Hall–Kier alpha value is -3.40. The number of anilines is 1. The molecule has 2 aromatic carbocycles. The molecule has 1 heterocycles. The molecule has 31 heavy (non-hydrogen) atoms. The first-order chi connectivity index (χ1) is 14.7. The second-order valence-electron chi connectivity index (χ2n) is 7.71. The van der Waals surface area contributed by atoms with Gasteiger partial charge in [-0.05, 0) is 36.5 Å². The summed E-state index contributed by atoms with van der Waals surface area (Å²) < 4.78 is 30.4. The molecule has 1 saturated carbocycles. The van der Waals surface area contributed by atoms with Gasteiger partial charge in [0.15, 0.2) is 17.4 Å². The lowest BCUT2D eigenvalue weighted by molar-refractivity contribution is 0.0824. The van der Waals surface area contributed by atoms with Crippen molar-refractivity contribution in [3.63, 3.8) is 0 Å². The van der Waals surface area contributed by atoms with E-state index < -0.39 is 10.2 Å². The number of carbonyl (C=O) groups is 1. The van der Waals surface area contributed by atoms with Crippen molar-refractivity contribution in [1.29, 1.82) is 0 Å². The van der Waals surface area contributed by atoms with Gasteiger partial charge in [0, 0.05) is 14.1 Å². The van der Waals surface area contributed by atoms with Gasteiger partial charge in [-0.2, -0.15) is 8.42 Å². The van der Waals surface area contributed by atoms with Crippen LogP contribution >= 0.6 is 0 Å². The maximum absolute atomic E-state index is 12.3. The predicted octanol–water partition coefficient (Wildman–Crippen LogP) is 2.30. The Labute approximate surface area is 180 Å². The van der Waals surface area contributed by atoms with Gasteiger partial charge in [-0.15, -0.1) is 4.40 Å². The van der Waals surface area contributed by atoms with Gasteiger partial charge in [-0.25, -0.2) is 4.72 Å². The van der Waals surface area contributed by atoms with Gasteiger partial charge in [-0.3, -0.25) is 9.79 Å². The molecule has 2 aromatic rings. The summed E-state index contributed by atoms with van der Waals surface area (Å²) in [4.78, 5) is 18.3. The van der Waals surface area contributed by atoms with Crippen LogP contribution < -0.4 is 10.0 Å². The molecule has 0 bridgehead atoms. The van der Waals surface area contributed by atoms with E-state index in [2.05, 4.69) is 19.4 Å². The summed E-state index contributed by atoms with van der Waals surface area (Å²) in [5.74, 6) is -0.312. The fourth-order valence-corrected chi connectivity index (χ4v) is 4.18. The van der Waals surface area contributed by atoms with E-state index in [1.165, 1.54) is 17.0 Å². The Balaban J connectivity index is 1.68. The predicted molar refractivity (Wildman–Crippen MR) is 119 cm³/mol. The zero-order valence-corrected chi connectivity index (χ0v) is 17.9. The average Bonchev–Trinajstić information content (AvgIpc) is 3.52. The number of carbonyl (C=O) groups excluding carboxylic acids is 1. The van der Waals surface area contributed by atoms with Crippen LogP contribution in [-0.4, -0.2) is 50.1 Å². The molecule has 9 nitrogen and oxygen atoms in total. The molecule has 0 unspecified atom stereocenters. The SMILES string of the molecule is CN(C)C(=O)c1cccc(NC2=NS(=O)(=O)NC2=N[C@@H](c2ccccc2)C2CC2)c1O. The Morgan fingerprint density at radius 3 is 2.55 bits per heavy atom. The first-order valence-corrected chi connectivity index (χ1v) is 11.3. The highest BCUT2D eigenvalue weighted by Gasteiger charge is 2.35. The van der Waals surface area contributed by atoms with Crippen LogP contribution in [0.1, 0.15) is 34.8 Å². The maximum atomic E-state index is 12.3. The molecule has 0 aromatic heterocycles. The van der Waals surface area contributed by atoms with Gasteiger partial charge in [0.2, 0.25) is 0 Å². The van der Waals surface area contributed by atoms with Gasteiger partial charge in [0.1, 0.15) is 0 Å². The lowest BCUT2D eigenvalue weighted by atomic mass is 10.0. The number of benzene rings is 2. The molecule has 1 amide bonds. The number of amidine groups is 2. The second-order valence-corrected chi connectivity index (χ2v) is 9.05. The number of amides is 1. The van der Waals surface area contributed by atoms with Crippen molar-refractivity contribution in [3.05, 3.63) is 59.7 Å². The number of nitrogens with zero attached hydrogens (tertiary/aromatic N) is 3. The maximum Gasteiger partial charge on any atom is 0.345 e. The average molecular weight is 442 g/mol. The summed E-state index contributed by atoms with van der Waals surface area (Å²) in [7, 11) is -0.812. The summed E-state index contributed by atoms with van der Waals surface area (Å²) in [5.41, 5.74) is 1.23. The van der Waals surface area contributed by atoms with Crippen LogP contribution in [0.4, 0.5) is 5.69 Å². The summed E-state index contributed by atoms with van der Waals surface area (Å²) >= 11 is 0. The minimum absolute atomic E-state index is 0.0358. The molecular weight excluding hydrogens is 418 g/mol. The van der Waals surface area contributed by atoms with Crippen LogP contribution in [-0.2, 0) is 10.2 Å². The first-order valence-electron chi connectivity index (χ1n) is 9.81. The minimum Gasteiger partial charge on any atom is -0.505 e. The largest absolute Gasteiger partial charge is 0.505 e. The van der Waals surface area contributed by atoms with E-state index >= 15 is 0 Å². The van der Waals surface area contributed by atoms with Crippen LogP contribution in [0, 0.1) is 5.92 Å². The number of hydrogen-bond acceptors (Lipinski definition) is 6. The summed E-state index contributed by atoms with van der Waals surface area (Å²) in [6.45, 7) is 0. The molecular formula is C21H23N5O4S. The number of hydrogen-bond donors (Lipinski definition) is 3. The lowest BCUT2D eigenvalue weighted by Gasteiger charge is -2.16. The summed E-state index contributed by atoms with van der Waals surface area (Å²) in [6.07, 6.45) is 2.02. The number of aliphatic imine (C=N–C) groups is 1.